The Labute approximate surface area is 118 Å². The van der Waals surface area contributed by atoms with E-state index in [4.69, 9.17) is 39.5 Å². The standard InChI is InChI=1S/C10H7Cl3N4O/c1-18-10-16-8(13)15-9(17-10)14-7-3-5(11)2-6(12)4-7/h2-4H,1H3,(H,14,15,16,17). The van der Waals surface area contributed by atoms with E-state index in [1.54, 1.807) is 18.2 Å². The molecule has 18 heavy (non-hydrogen) atoms. The maximum Gasteiger partial charge on any atom is 0.322 e. The third-order valence-corrected chi connectivity index (χ3v) is 2.49. The van der Waals surface area contributed by atoms with Gasteiger partial charge in [-0.2, -0.15) is 15.0 Å². The summed E-state index contributed by atoms with van der Waals surface area (Å²) in [4.78, 5) is 11.6. The lowest BCUT2D eigenvalue weighted by molar-refractivity contribution is 0.379. The first-order valence-corrected chi connectivity index (χ1v) is 5.89. The van der Waals surface area contributed by atoms with Crippen molar-refractivity contribution in [2.24, 2.45) is 0 Å². The van der Waals surface area contributed by atoms with Gasteiger partial charge >= 0.3 is 6.01 Å². The molecule has 1 aromatic heterocycles. The fraction of sp³-hybridized carbons (Fsp3) is 0.100. The molecule has 5 nitrogen and oxygen atoms in total. The van der Waals surface area contributed by atoms with Crippen molar-refractivity contribution in [3.05, 3.63) is 33.5 Å². The molecule has 0 unspecified atom stereocenters. The minimum Gasteiger partial charge on any atom is -0.467 e. The van der Waals surface area contributed by atoms with Gasteiger partial charge in [0.2, 0.25) is 11.2 Å². The van der Waals surface area contributed by atoms with Crippen LogP contribution in [-0.2, 0) is 0 Å². The summed E-state index contributed by atoms with van der Waals surface area (Å²) in [5.41, 5.74) is 0.636. The van der Waals surface area contributed by atoms with E-state index in [0.717, 1.165) is 0 Å². The van der Waals surface area contributed by atoms with Crippen LogP contribution >= 0.6 is 34.8 Å². The average molecular weight is 306 g/mol. The minimum atomic E-state index is 0.0254. The largest absolute Gasteiger partial charge is 0.467 e. The first-order chi connectivity index (χ1) is 8.56. The van der Waals surface area contributed by atoms with E-state index in [-0.39, 0.29) is 17.2 Å². The highest BCUT2D eigenvalue weighted by atomic mass is 35.5. The van der Waals surface area contributed by atoms with Crippen LogP contribution in [0.2, 0.25) is 15.3 Å². The SMILES string of the molecule is COc1nc(Cl)nc(Nc2cc(Cl)cc(Cl)c2)n1. The molecule has 2 aromatic rings. The number of methoxy groups -OCH3 is 1. The summed E-state index contributed by atoms with van der Waals surface area (Å²) in [6.45, 7) is 0. The number of halogens is 3. The Hall–Kier alpha value is -1.30. The second-order valence-electron chi connectivity index (χ2n) is 3.20. The molecule has 1 N–H and O–H groups in total. The van der Waals surface area contributed by atoms with Crippen LogP contribution in [0.3, 0.4) is 0 Å². The molecule has 0 aliphatic rings. The third-order valence-electron chi connectivity index (χ3n) is 1.89. The fourth-order valence-electron chi connectivity index (χ4n) is 1.23. The smallest absolute Gasteiger partial charge is 0.322 e. The zero-order chi connectivity index (χ0) is 13.1. The normalized spacial score (nSPS) is 10.2. The number of ether oxygens (including phenoxy) is 1. The summed E-state index contributed by atoms with van der Waals surface area (Å²) in [5, 5.41) is 3.93. The van der Waals surface area contributed by atoms with Gasteiger partial charge in [0.15, 0.2) is 0 Å². The molecule has 1 heterocycles. The van der Waals surface area contributed by atoms with E-state index in [9.17, 15) is 0 Å². The number of anilines is 2. The van der Waals surface area contributed by atoms with E-state index in [0.29, 0.717) is 15.7 Å². The van der Waals surface area contributed by atoms with Gasteiger partial charge in [-0.05, 0) is 29.8 Å². The van der Waals surface area contributed by atoms with Crippen molar-refractivity contribution in [2.45, 2.75) is 0 Å². The van der Waals surface area contributed by atoms with Crippen LogP contribution in [0.15, 0.2) is 18.2 Å². The molecule has 2 rings (SSSR count). The van der Waals surface area contributed by atoms with Crippen molar-refractivity contribution in [3.63, 3.8) is 0 Å². The van der Waals surface area contributed by atoms with E-state index >= 15 is 0 Å². The summed E-state index contributed by atoms with van der Waals surface area (Å²) in [6, 6.07) is 5.09. The van der Waals surface area contributed by atoms with E-state index in [1.807, 2.05) is 0 Å². The highest BCUT2D eigenvalue weighted by Crippen LogP contribution is 2.24. The highest BCUT2D eigenvalue weighted by Gasteiger charge is 2.06. The fourth-order valence-corrected chi connectivity index (χ4v) is 1.91. The number of nitrogens with one attached hydrogen (secondary N) is 1. The zero-order valence-electron chi connectivity index (χ0n) is 9.12. The molecule has 0 aliphatic heterocycles. The van der Waals surface area contributed by atoms with Crippen LogP contribution in [0.5, 0.6) is 6.01 Å². The Balaban J connectivity index is 2.30. The Morgan fingerprint density at radius 3 is 2.28 bits per heavy atom. The number of hydrogen-bond acceptors (Lipinski definition) is 5. The lowest BCUT2D eigenvalue weighted by Crippen LogP contribution is -2.01. The quantitative estimate of drug-likeness (QED) is 0.939. The Kier molecular flexibility index (Phi) is 4.06. The molecule has 0 saturated carbocycles. The van der Waals surface area contributed by atoms with Crippen molar-refractivity contribution in [1.82, 2.24) is 15.0 Å². The lowest BCUT2D eigenvalue weighted by atomic mass is 10.3. The van der Waals surface area contributed by atoms with Gasteiger partial charge in [0.1, 0.15) is 0 Å². The van der Waals surface area contributed by atoms with Gasteiger partial charge in [-0.15, -0.1) is 0 Å². The maximum atomic E-state index is 5.88. The molecule has 0 fully saturated rings. The maximum absolute atomic E-state index is 5.88. The van der Waals surface area contributed by atoms with Gasteiger partial charge in [0, 0.05) is 15.7 Å². The summed E-state index contributed by atoms with van der Waals surface area (Å²) < 4.78 is 4.88. The van der Waals surface area contributed by atoms with Gasteiger partial charge < -0.3 is 10.1 Å². The van der Waals surface area contributed by atoms with Crippen molar-refractivity contribution < 1.29 is 4.74 Å². The highest BCUT2D eigenvalue weighted by molar-refractivity contribution is 6.35. The summed E-state index contributed by atoms with van der Waals surface area (Å²) in [6.07, 6.45) is 0. The molecule has 0 aliphatic carbocycles. The number of hydrogen-bond donors (Lipinski definition) is 1. The van der Waals surface area contributed by atoms with Crippen molar-refractivity contribution in [1.29, 1.82) is 0 Å². The van der Waals surface area contributed by atoms with Crippen molar-refractivity contribution >= 4 is 46.4 Å². The molecular weight excluding hydrogens is 298 g/mol. The molecule has 0 saturated heterocycles. The molecule has 0 bridgehead atoms. The average Bonchev–Trinajstić information content (AvgIpc) is 2.26. The number of nitrogens with zero attached hydrogens (tertiary/aromatic N) is 3. The van der Waals surface area contributed by atoms with Gasteiger partial charge in [0.25, 0.3) is 0 Å². The Morgan fingerprint density at radius 1 is 1.00 bits per heavy atom. The predicted octanol–water partition coefficient (Wildman–Crippen LogP) is 3.58. The minimum absolute atomic E-state index is 0.0254. The topological polar surface area (TPSA) is 59.9 Å². The van der Waals surface area contributed by atoms with E-state index < -0.39 is 0 Å². The number of rotatable bonds is 3. The van der Waals surface area contributed by atoms with Gasteiger partial charge in [-0.25, -0.2) is 0 Å². The van der Waals surface area contributed by atoms with Crippen molar-refractivity contribution in [3.8, 4) is 6.01 Å². The Bertz CT molecular complexity index is 559. The molecule has 0 radical (unpaired) electrons. The summed E-state index contributed by atoms with van der Waals surface area (Å²) in [7, 11) is 1.44. The van der Waals surface area contributed by atoms with Crippen LogP contribution in [0.1, 0.15) is 0 Å². The van der Waals surface area contributed by atoms with Crippen molar-refractivity contribution in [2.75, 3.05) is 12.4 Å². The van der Waals surface area contributed by atoms with Crippen LogP contribution in [0.25, 0.3) is 0 Å². The predicted molar refractivity (Wildman–Crippen MR) is 71.1 cm³/mol. The molecule has 0 amide bonds. The molecule has 1 aromatic carbocycles. The number of aromatic nitrogens is 3. The van der Waals surface area contributed by atoms with Gasteiger partial charge in [-0.1, -0.05) is 23.2 Å². The van der Waals surface area contributed by atoms with E-state index in [2.05, 4.69) is 20.3 Å². The van der Waals surface area contributed by atoms with Gasteiger partial charge in [0.05, 0.1) is 7.11 Å². The van der Waals surface area contributed by atoms with Crippen LogP contribution < -0.4 is 10.1 Å². The second-order valence-corrected chi connectivity index (χ2v) is 4.41. The molecule has 0 spiro atoms. The first kappa shape index (κ1) is 13.1. The third kappa shape index (κ3) is 3.35. The van der Waals surface area contributed by atoms with Crippen LogP contribution in [0.4, 0.5) is 11.6 Å². The zero-order valence-corrected chi connectivity index (χ0v) is 11.4. The van der Waals surface area contributed by atoms with E-state index in [1.165, 1.54) is 7.11 Å². The second kappa shape index (κ2) is 5.56. The monoisotopic (exact) mass is 304 g/mol. The molecule has 94 valence electrons. The van der Waals surface area contributed by atoms with Crippen LogP contribution in [0, 0.1) is 0 Å². The Morgan fingerprint density at radius 2 is 1.67 bits per heavy atom. The van der Waals surface area contributed by atoms with Gasteiger partial charge in [-0.3, -0.25) is 0 Å². The molecular formula is C10H7Cl3N4O. The molecule has 8 heteroatoms. The summed E-state index contributed by atoms with van der Waals surface area (Å²) in [5.74, 6) is 0.241. The number of benzene rings is 1. The molecule has 0 atom stereocenters. The first-order valence-electron chi connectivity index (χ1n) is 4.75. The van der Waals surface area contributed by atoms with Crippen LogP contribution in [-0.4, -0.2) is 22.1 Å². The summed E-state index contributed by atoms with van der Waals surface area (Å²) >= 11 is 17.5. The lowest BCUT2D eigenvalue weighted by Gasteiger charge is -2.06.